The van der Waals surface area contributed by atoms with Gasteiger partial charge in [-0.1, -0.05) is 12.1 Å². The summed E-state index contributed by atoms with van der Waals surface area (Å²) in [6.07, 6.45) is 0. The molecule has 173 valence electrons. The number of hydrogen-bond donors (Lipinski definition) is 0. The molecular weight excluding hydrogens is 504 g/mol. The summed E-state index contributed by atoms with van der Waals surface area (Å²) in [5, 5.41) is 0. The Morgan fingerprint density at radius 3 is 1.23 bits per heavy atom. The third-order valence-corrected chi connectivity index (χ3v) is 5.38. The smallest absolute Gasteiger partial charge is 0.744 e. The minimum Gasteiger partial charge on any atom is -0.744 e. The molecule has 0 aliphatic rings. The number of carbonyl (C=O) groups excluding carboxylic acids is 2. The second-order valence-corrected chi connectivity index (χ2v) is 8.59. The predicted molar refractivity (Wildman–Crippen MR) is 101 cm³/mol. The van der Waals surface area contributed by atoms with Crippen molar-refractivity contribution >= 4 is 32.2 Å². The molecule has 1 radical (unpaired) electrons. The van der Waals surface area contributed by atoms with Crippen molar-refractivity contribution in [3.8, 4) is 0 Å². The topological polar surface area (TPSA) is 167 Å². The molecule has 2 rings (SSSR count). The van der Waals surface area contributed by atoms with Gasteiger partial charge in [0, 0.05) is 0 Å². The number of benzene rings is 2. The third-order valence-electron chi connectivity index (χ3n) is 3.62. The van der Waals surface area contributed by atoms with E-state index in [1.807, 2.05) is 0 Å². The van der Waals surface area contributed by atoms with Crippen LogP contribution in [0.3, 0.4) is 0 Å². The minimum absolute atomic E-state index is 0. The van der Waals surface area contributed by atoms with Gasteiger partial charge in [-0.2, -0.15) is 0 Å². The van der Waals surface area contributed by atoms with Gasteiger partial charge in [-0.25, -0.2) is 26.4 Å². The zero-order valence-electron chi connectivity index (χ0n) is 16.7. The molecule has 13 heteroatoms. The Kier molecular flexibility index (Phi) is 10.5. The van der Waals surface area contributed by atoms with Crippen LogP contribution >= 0.6 is 0 Å². The van der Waals surface area contributed by atoms with E-state index in [0.717, 1.165) is 26.4 Å². The fourth-order valence-electron chi connectivity index (χ4n) is 2.23. The van der Waals surface area contributed by atoms with Gasteiger partial charge in [-0.15, -0.1) is 0 Å². The average Bonchev–Trinajstić information content (AvgIpc) is 2.65. The molecule has 0 heterocycles. The van der Waals surface area contributed by atoms with Crippen LogP contribution in [0.4, 0.5) is 0 Å². The van der Waals surface area contributed by atoms with Gasteiger partial charge < -0.3 is 18.6 Å². The van der Waals surface area contributed by atoms with Crippen LogP contribution in [0.2, 0.25) is 0 Å². The van der Waals surface area contributed by atoms with Crippen molar-refractivity contribution in [2.24, 2.45) is 0 Å². The number of methoxy groups -OCH3 is 2. The first-order chi connectivity index (χ1) is 13.7. The molecule has 0 spiro atoms. The molecule has 0 saturated heterocycles. The summed E-state index contributed by atoms with van der Waals surface area (Å²) >= 11 is 0. The van der Waals surface area contributed by atoms with Gasteiger partial charge in [0.15, 0.2) is 0 Å². The summed E-state index contributed by atoms with van der Waals surface area (Å²) in [4.78, 5) is 21.2. The molecule has 0 aliphatic carbocycles. The van der Waals surface area contributed by atoms with Crippen LogP contribution in [0.15, 0.2) is 46.2 Å². The minimum atomic E-state index is -4.66. The molecule has 10 nitrogen and oxygen atoms in total. The largest absolute Gasteiger partial charge is 2.00 e. The van der Waals surface area contributed by atoms with Crippen molar-refractivity contribution in [1.82, 2.24) is 0 Å². The molecule has 31 heavy (non-hydrogen) atoms. The number of ether oxygens (including phenoxy) is 2. The normalized spacial score (nSPS) is 10.8. The van der Waals surface area contributed by atoms with Gasteiger partial charge in [0.25, 0.3) is 0 Å². The van der Waals surface area contributed by atoms with Crippen LogP contribution in [0.25, 0.3) is 0 Å². The Morgan fingerprint density at radius 2 is 1.00 bits per heavy atom. The molecule has 2 aromatic rings. The Morgan fingerprint density at radius 1 is 0.710 bits per heavy atom. The summed E-state index contributed by atoms with van der Waals surface area (Å²) in [6.45, 7) is 3.24. The fourth-order valence-corrected chi connectivity index (χ4v) is 3.73. The van der Waals surface area contributed by atoms with Crippen LogP contribution in [0, 0.1) is 13.8 Å². The van der Waals surface area contributed by atoms with Crippen LogP contribution in [-0.2, 0) is 46.8 Å². The van der Waals surface area contributed by atoms with E-state index in [4.69, 9.17) is 0 Å². The van der Waals surface area contributed by atoms with E-state index >= 15 is 0 Å². The van der Waals surface area contributed by atoms with Crippen LogP contribution in [0.1, 0.15) is 31.8 Å². The zero-order valence-corrected chi connectivity index (χ0v) is 19.2. The van der Waals surface area contributed by atoms with E-state index in [2.05, 4.69) is 9.47 Å². The molecule has 0 amide bonds. The maximum absolute atomic E-state index is 11.2. The molecule has 2 aromatic carbocycles. The second-order valence-electron chi connectivity index (χ2n) is 5.89. The first-order valence-corrected chi connectivity index (χ1v) is 10.8. The number of esters is 2. The van der Waals surface area contributed by atoms with Gasteiger partial charge in [0.05, 0.1) is 35.1 Å². The molecule has 0 bridgehead atoms. The molecule has 0 atom stereocenters. The fraction of sp³-hybridized carbons (Fsp3) is 0.222. The van der Waals surface area contributed by atoms with Crippen LogP contribution in [-0.4, -0.2) is 52.1 Å². The number of aryl methyl sites for hydroxylation is 2. The monoisotopic (exact) mass is 521 g/mol. The Hall–Kier alpha value is -2.28. The third kappa shape index (κ3) is 8.05. The van der Waals surface area contributed by atoms with Gasteiger partial charge in [0.1, 0.15) is 20.2 Å². The molecule has 0 aliphatic heterocycles. The van der Waals surface area contributed by atoms with Crippen molar-refractivity contribution in [3.05, 3.63) is 58.7 Å². The number of hydrogen-bond acceptors (Lipinski definition) is 10. The summed E-state index contributed by atoms with van der Waals surface area (Å²) in [5.41, 5.74) is 0.686. The summed E-state index contributed by atoms with van der Waals surface area (Å²) in [5.74, 6) is -1.69. The maximum Gasteiger partial charge on any atom is 2.00 e. The SMILES string of the molecule is COC(=O)c1ccc(C)cc1S(=O)(=O)[O-].COC(=O)c1ccc(C)cc1S(=O)(=O)[O-].[Cu+2]. The summed E-state index contributed by atoms with van der Waals surface area (Å²) in [7, 11) is -7.09. The Labute approximate surface area is 190 Å². The van der Waals surface area contributed by atoms with E-state index in [0.29, 0.717) is 11.1 Å². The van der Waals surface area contributed by atoms with Crippen molar-refractivity contribution in [3.63, 3.8) is 0 Å². The van der Waals surface area contributed by atoms with Crippen molar-refractivity contribution in [2.75, 3.05) is 14.2 Å². The van der Waals surface area contributed by atoms with Gasteiger partial charge in [-0.3, -0.25) is 0 Å². The van der Waals surface area contributed by atoms with E-state index < -0.39 is 42.0 Å². The second kappa shape index (κ2) is 11.4. The number of carbonyl (C=O) groups is 2. The summed E-state index contributed by atoms with van der Waals surface area (Å²) < 4.78 is 73.9. The predicted octanol–water partition coefficient (Wildman–Crippen LogP) is 1.37. The van der Waals surface area contributed by atoms with Crippen molar-refractivity contribution in [2.45, 2.75) is 23.6 Å². The van der Waals surface area contributed by atoms with Crippen LogP contribution in [0.5, 0.6) is 0 Å². The standard InChI is InChI=1S/2C9H10O5S.Cu/c2*1-6-3-4-7(9(10)14-2)8(5-6)15(11,12)13;/h2*3-5H,1-2H3,(H,11,12,13);/q;;+2/p-2. The van der Waals surface area contributed by atoms with Crippen molar-refractivity contribution in [1.29, 1.82) is 0 Å². The molecule has 0 fully saturated rings. The number of rotatable bonds is 4. The first kappa shape index (κ1) is 28.7. The van der Waals surface area contributed by atoms with Gasteiger partial charge >= 0.3 is 29.0 Å². The van der Waals surface area contributed by atoms with E-state index in [-0.39, 0.29) is 28.2 Å². The molecule has 0 aromatic heterocycles. The van der Waals surface area contributed by atoms with Gasteiger partial charge in [-0.05, 0) is 49.2 Å². The quantitative estimate of drug-likeness (QED) is 0.325. The molecule has 0 N–H and O–H groups in total. The summed E-state index contributed by atoms with van der Waals surface area (Å²) in [6, 6.07) is 7.86. The van der Waals surface area contributed by atoms with Crippen molar-refractivity contribution < 1.29 is 62.1 Å². The van der Waals surface area contributed by atoms with E-state index in [9.17, 15) is 35.5 Å². The molecular formula is C18H18CuO10S2. The maximum atomic E-state index is 11.2. The average molecular weight is 522 g/mol. The van der Waals surface area contributed by atoms with E-state index in [1.165, 1.54) is 24.3 Å². The Bertz CT molecular complexity index is 1080. The molecule has 0 saturated carbocycles. The first-order valence-electron chi connectivity index (χ1n) is 8.02. The van der Waals surface area contributed by atoms with Gasteiger partial charge in [0.2, 0.25) is 0 Å². The Balaban J connectivity index is 0.000000562. The zero-order chi connectivity index (χ0) is 23.3. The molecule has 0 unspecified atom stereocenters. The van der Waals surface area contributed by atoms with E-state index in [1.54, 1.807) is 13.8 Å². The van der Waals surface area contributed by atoms with Crippen LogP contribution < -0.4 is 0 Å².